The van der Waals surface area contributed by atoms with Crippen LogP contribution in [0.1, 0.15) is 28.7 Å². The zero-order valence-corrected chi connectivity index (χ0v) is 18.0. The molecule has 8 nitrogen and oxygen atoms in total. The number of nitrogens with one attached hydrogen (secondary N) is 1. The average Bonchev–Trinajstić information content (AvgIpc) is 2.95. The monoisotopic (exact) mass is 438 g/mol. The molecule has 1 aliphatic rings. The van der Waals surface area contributed by atoms with E-state index in [1.807, 2.05) is 13.8 Å². The minimum absolute atomic E-state index is 0.0444. The Morgan fingerprint density at radius 3 is 2.24 bits per heavy atom. The lowest BCUT2D eigenvalue weighted by molar-refractivity contribution is -0.132. The first-order chi connectivity index (χ1) is 13.6. The van der Waals surface area contributed by atoms with Crippen molar-refractivity contribution in [2.45, 2.75) is 26.8 Å². The Hall–Kier alpha value is -2.39. The molecule has 0 radical (unpaired) electrons. The molecular weight excluding hydrogens is 416 g/mol. The van der Waals surface area contributed by atoms with Gasteiger partial charge in [0.15, 0.2) is 9.84 Å². The Morgan fingerprint density at radius 2 is 1.72 bits per heavy atom. The zero-order valence-electron chi connectivity index (χ0n) is 16.5. The van der Waals surface area contributed by atoms with E-state index in [1.54, 1.807) is 35.9 Å². The van der Waals surface area contributed by atoms with Gasteiger partial charge in [0.25, 0.3) is 5.91 Å². The molecule has 0 saturated carbocycles. The molecule has 1 aliphatic heterocycles. The minimum Gasteiger partial charge on any atom is -0.341 e. The van der Waals surface area contributed by atoms with Crippen LogP contribution >= 0.6 is 11.6 Å². The van der Waals surface area contributed by atoms with Crippen LogP contribution < -0.4 is 5.32 Å². The number of sulfone groups is 1. The molecule has 3 rings (SSSR count). The summed E-state index contributed by atoms with van der Waals surface area (Å²) in [6.45, 7) is 5.59. The largest absolute Gasteiger partial charge is 0.341 e. The highest BCUT2D eigenvalue weighted by atomic mass is 35.5. The van der Waals surface area contributed by atoms with Crippen molar-refractivity contribution in [2.24, 2.45) is 0 Å². The summed E-state index contributed by atoms with van der Waals surface area (Å²) < 4.78 is 24.7. The number of nitrogens with zero attached hydrogens (tertiary/aromatic N) is 3. The number of halogens is 1. The molecule has 0 bridgehead atoms. The van der Waals surface area contributed by atoms with E-state index < -0.39 is 15.9 Å². The number of aromatic nitrogens is 2. The lowest BCUT2D eigenvalue weighted by Gasteiger charge is -2.29. The molecule has 1 aromatic carbocycles. The van der Waals surface area contributed by atoms with Crippen LogP contribution in [0.5, 0.6) is 0 Å². The topological polar surface area (TPSA) is 101 Å². The molecule has 29 heavy (non-hydrogen) atoms. The van der Waals surface area contributed by atoms with Gasteiger partial charge >= 0.3 is 0 Å². The lowest BCUT2D eigenvalue weighted by atomic mass is 10.1. The van der Waals surface area contributed by atoms with Crippen LogP contribution in [0.3, 0.4) is 0 Å². The van der Waals surface area contributed by atoms with Crippen LogP contribution in [0.25, 0.3) is 5.69 Å². The van der Waals surface area contributed by atoms with E-state index in [2.05, 4.69) is 10.4 Å². The number of carbonyl (C=O) groups is 2. The summed E-state index contributed by atoms with van der Waals surface area (Å²) in [5.41, 5.74) is 2.71. The fourth-order valence-electron chi connectivity index (χ4n) is 3.18. The van der Waals surface area contributed by atoms with Gasteiger partial charge in [-0.05, 0) is 45.0 Å². The second kappa shape index (κ2) is 8.16. The maximum absolute atomic E-state index is 12.5. The summed E-state index contributed by atoms with van der Waals surface area (Å²) in [6.07, 6.45) is 0. The molecule has 2 amide bonds. The third-order valence-corrected chi connectivity index (χ3v) is 7.11. The van der Waals surface area contributed by atoms with Gasteiger partial charge < -0.3 is 10.2 Å². The Bertz CT molecular complexity index is 1030. The van der Waals surface area contributed by atoms with Crippen molar-refractivity contribution in [1.82, 2.24) is 20.0 Å². The molecule has 156 valence electrons. The van der Waals surface area contributed by atoms with Gasteiger partial charge in [-0.25, -0.2) is 13.1 Å². The number of carbonyl (C=O) groups excluding carboxylic acids is 2. The molecular formula is C19H23ClN4O4S. The van der Waals surface area contributed by atoms with Crippen LogP contribution in [-0.4, -0.2) is 65.5 Å². The fourth-order valence-corrected chi connectivity index (χ4v) is 4.50. The van der Waals surface area contributed by atoms with Gasteiger partial charge in [0.05, 0.1) is 33.6 Å². The Morgan fingerprint density at radius 1 is 1.14 bits per heavy atom. The summed E-state index contributed by atoms with van der Waals surface area (Å²) in [5.74, 6) is -0.760. The number of amides is 2. The normalized spacial score (nSPS) is 17.0. The second-order valence-corrected chi connectivity index (χ2v) is 9.80. The molecule has 2 heterocycles. The SMILES string of the molecule is Cc1nn(-c2ccc(C(=O)NC(C)C(=O)N3CCS(=O)(=O)CC3)cc2)c(C)c1Cl. The fraction of sp³-hybridized carbons (Fsp3) is 0.421. The Kier molecular flexibility index (Phi) is 6.00. The highest BCUT2D eigenvalue weighted by molar-refractivity contribution is 7.91. The van der Waals surface area contributed by atoms with Gasteiger partial charge in [0, 0.05) is 18.7 Å². The van der Waals surface area contributed by atoms with Crippen LogP contribution in [0, 0.1) is 13.8 Å². The summed E-state index contributed by atoms with van der Waals surface area (Å²) in [5, 5.41) is 7.66. The highest BCUT2D eigenvalue weighted by Gasteiger charge is 2.28. The van der Waals surface area contributed by atoms with E-state index in [9.17, 15) is 18.0 Å². The summed E-state index contributed by atoms with van der Waals surface area (Å²) in [7, 11) is -3.07. The molecule has 0 aliphatic carbocycles. The number of benzene rings is 1. The maximum atomic E-state index is 12.5. The van der Waals surface area contributed by atoms with Gasteiger partial charge in [0.1, 0.15) is 6.04 Å². The van der Waals surface area contributed by atoms with E-state index in [0.717, 1.165) is 17.1 Å². The number of hydrogen-bond acceptors (Lipinski definition) is 5. The molecule has 1 unspecified atom stereocenters. The van der Waals surface area contributed by atoms with Gasteiger partial charge in [-0.15, -0.1) is 0 Å². The van der Waals surface area contributed by atoms with Gasteiger partial charge in [-0.3, -0.25) is 9.59 Å². The zero-order chi connectivity index (χ0) is 21.3. The molecule has 0 spiro atoms. The van der Waals surface area contributed by atoms with Crippen molar-refractivity contribution < 1.29 is 18.0 Å². The average molecular weight is 439 g/mol. The molecule has 1 fully saturated rings. The smallest absolute Gasteiger partial charge is 0.251 e. The van der Waals surface area contributed by atoms with Gasteiger partial charge in [0.2, 0.25) is 5.91 Å². The summed E-state index contributed by atoms with van der Waals surface area (Å²) >= 11 is 6.18. The van der Waals surface area contributed by atoms with Gasteiger partial charge in [-0.1, -0.05) is 11.6 Å². The maximum Gasteiger partial charge on any atom is 0.251 e. The summed E-state index contributed by atoms with van der Waals surface area (Å²) in [6, 6.07) is 6.07. The molecule has 10 heteroatoms. The Labute approximate surface area is 174 Å². The van der Waals surface area contributed by atoms with Crippen molar-refractivity contribution in [2.75, 3.05) is 24.6 Å². The first-order valence-corrected chi connectivity index (χ1v) is 11.4. The van der Waals surface area contributed by atoms with Crippen molar-refractivity contribution >= 4 is 33.3 Å². The van der Waals surface area contributed by atoms with Crippen LogP contribution in [0.4, 0.5) is 0 Å². The summed E-state index contributed by atoms with van der Waals surface area (Å²) in [4.78, 5) is 26.4. The number of rotatable bonds is 4. The first-order valence-electron chi connectivity index (χ1n) is 9.21. The van der Waals surface area contributed by atoms with Gasteiger partial charge in [-0.2, -0.15) is 5.10 Å². The van der Waals surface area contributed by atoms with E-state index in [-0.39, 0.29) is 36.4 Å². The predicted octanol–water partition coefficient (Wildman–Crippen LogP) is 1.52. The quantitative estimate of drug-likeness (QED) is 0.779. The van der Waals surface area contributed by atoms with E-state index >= 15 is 0 Å². The third-order valence-electron chi connectivity index (χ3n) is 4.95. The number of aryl methyl sites for hydroxylation is 1. The van der Waals surface area contributed by atoms with Crippen molar-refractivity contribution in [3.05, 3.63) is 46.2 Å². The van der Waals surface area contributed by atoms with E-state index in [4.69, 9.17) is 11.6 Å². The molecule has 1 saturated heterocycles. The molecule has 1 aromatic heterocycles. The van der Waals surface area contributed by atoms with Crippen molar-refractivity contribution in [3.8, 4) is 5.69 Å². The second-order valence-electron chi connectivity index (χ2n) is 7.12. The minimum atomic E-state index is -3.07. The van der Waals surface area contributed by atoms with Crippen LogP contribution in [0.2, 0.25) is 5.02 Å². The standard InChI is InChI=1S/C19H23ClN4O4S/c1-12-17(20)14(3)24(22-12)16-6-4-15(5-7-16)18(25)21-13(2)19(26)23-8-10-29(27,28)11-9-23/h4-7,13H,8-11H2,1-3H3,(H,21,25). The Balaban J connectivity index is 1.64. The first kappa shape index (κ1) is 21.3. The van der Waals surface area contributed by atoms with Crippen LogP contribution in [0.15, 0.2) is 24.3 Å². The van der Waals surface area contributed by atoms with E-state index in [0.29, 0.717) is 10.6 Å². The third kappa shape index (κ3) is 4.62. The van der Waals surface area contributed by atoms with Crippen LogP contribution in [-0.2, 0) is 14.6 Å². The van der Waals surface area contributed by atoms with E-state index in [1.165, 1.54) is 4.90 Å². The molecule has 2 aromatic rings. The molecule has 1 atom stereocenters. The lowest BCUT2D eigenvalue weighted by Crippen LogP contribution is -2.51. The predicted molar refractivity (Wildman–Crippen MR) is 110 cm³/mol. The number of hydrogen-bond donors (Lipinski definition) is 1. The van der Waals surface area contributed by atoms with Crippen molar-refractivity contribution in [3.63, 3.8) is 0 Å². The molecule has 1 N–H and O–H groups in total. The highest BCUT2D eigenvalue weighted by Crippen LogP contribution is 2.22. The van der Waals surface area contributed by atoms with Crippen molar-refractivity contribution in [1.29, 1.82) is 0 Å².